The van der Waals surface area contributed by atoms with Gasteiger partial charge in [-0.3, -0.25) is 29.3 Å². The van der Waals surface area contributed by atoms with E-state index in [1.807, 2.05) is 62.4 Å². The molecule has 6 heterocycles. The van der Waals surface area contributed by atoms with Crippen molar-refractivity contribution in [2.75, 3.05) is 45.1 Å². The van der Waals surface area contributed by atoms with Crippen molar-refractivity contribution in [1.29, 1.82) is 0 Å². The number of anilines is 3. The maximum Gasteiger partial charge on any atom is 0.344 e. The van der Waals surface area contributed by atoms with Gasteiger partial charge in [0.05, 0.1) is 58.1 Å². The summed E-state index contributed by atoms with van der Waals surface area (Å²) in [6.45, 7) is 7.49. The largest absolute Gasteiger partial charge is 0.507 e. The second-order valence-electron chi connectivity index (χ2n) is 24.4. The number of rotatable bonds is 25. The number of aromatic nitrogens is 6. The topological polar surface area (TPSA) is 333 Å². The molecule has 8 aromatic carbocycles. The number of esters is 2. The fraction of sp³-hybridized carbons (Fsp3) is 0.138. The molecule has 0 saturated carbocycles. The van der Waals surface area contributed by atoms with Crippen LogP contribution in [-0.2, 0) is 67.0 Å². The first-order chi connectivity index (χ1) is 54.7. The highest BCUT2D eigenvalue weighted by Gasteiger charge is 2.31. The lowest BCUT2D eigenvalue weighted by Gasteiger charge is -2.22. The van der Waals surface area contributed by atoms with Crippen molar-refractivity contribution < 1.29 is 76.9 Å². The second-order valence-corrected chi connectivity index (χ2v) is 33.0. The molecule has 6 aromatic heterocycles. The second kappa shape index (κ2) is 37.7. The van der Waals surface area contributed by atoms with E-state index in [-0.39, 0.29) is 62.7 Å². The number of aromatic hydroxyl groups is 1. The number of carbonyl (C=O) groups is 3. The van der Waals surface area contributed by atoms with Gasteiger partial charge in [0, 0.05) is 104 Å². The number of nitrogens with two attached hydrogens (primary N) is 1. The van der Waals surface area contributed by atoms with Crippen molar-refractivity contribution >= 4 is 146 Å². The summed E-state index contributed by atoms with van der Waals surface area (Å²) in [5, 5.41) is 20.3. The predicted molar refractivity (Wildman–Crippen MR) is 437 cm³/mol. The Labute approximate surface area is 673 Å². The standard InChI is InChI=1S/C30H26FN3O5S2.C26H20FN3O3S2.C20H15FN4O4S2.C4H7BrO2/c1-3-38-28(35)19-39-27-17-23(31)8-10-26(27)29-25-11-9-24(16-22(25)12-13-32-29)41(36,37)34(30-33-14-15-40-30)18-21-6-4-20(2)5-7-21;1-17-2-4-18(5-3-17)16-30(26-29-12-13-34-26)35(32,33)21-7-9-22-19(14-21)10-11-28-25(22)23-8-6-20(27)15-24(23)31;21-13-1-3-16(17(10-13)29-11-18(22)26)19-15-4-2-14(9-12(15)5-6-23-19)31(27,28)25-20-24-7-8-30-20;1-2-7-4(6)3-5/h4-17H,3,18-19H2,1-2H3;2-15,31H,16H2,1H3;1-10H,11H2,(H2,22,26)(H,24,25);2-3H2,1H3. The third-order valence-corrected chi connectivity index (χ3v) is 24.5. The Bertz CT molecular complexity index is 6130. The van der Waals surface area contributed by atoms with Crippen molar-refractivity contribution in [3.05, 3.63) is 269 Å². The van der Waals surface area contributed by atoms with Gasteiger partial charge in [0.15, 0.2) is 28.6 Å². The third-order valence-electron chi connectivity index (χ3n) is 16.6. The Balaban J connectivity index is 0.000000163. The fourth-order valence-electron chi connectivity index (χ4n) is 11.2. The number of phenols is 1. The first-order valence-corrected chi connectivity index (χ1v) is 42.4. The number of halogens is 4. The van der Waals surface area contributed by atoms with Gasteiger partial charge >= 0.3 is 11.9 Å². The molecule has 0 radical (unpaired) electrons. The smallest absolute Gasteiger partial charge is 0.344 e. The summed E-state index contributed by atoms with van der Waals surface area (Å²) in [7, 11) is -11.8. The van der Waals surface area contributed by atoms with Gasteiger partial charge in [-0.1, -0.05) is 93.8 Å². The number of phenolic OH excluding ortho intramolecular Hbond substituents is 1. The number of aryl methyl sites for hydroxylation is 2. The number of fused-ring (bicyclic) bond motifs is 3. The molecule has 14 aromatic rings. The number of hydrogen-bond acceptors (Lipinski definition) is 23. The lowest BCUT2D eigenvalue weighted by Crippen LogP contribution is -2.30. The summed E-state index contributed by atoms with van der Waals surface area (Å²) in [5.74, 6) is -3.18. The Morgan fingerprint density at radius 3 is 1.28 bits per heavy atom. The number of amides is 1. The monoisotopic (exact) mass is 1720 g/mol. The molecule has 14 rings (SSSR count). The number of nitrogens with zero attached hydrogens (tertiary/aromatic N) is 8. The van der Waals surface area contributed by atoms with Gasteiger partial charge < -0.3 is 29.8 Å². The minimum atomic E-state index is -4.00. The quantitative estimate of drug-likeness (QED) is 0.0353. The van der Waals surface area contributed by atoms with E-state index in [2.05, 4.69) is 55.3 Å². The molecule has 24 nitrogen and oxygen atoms in total. The minimum absolute atomic E-state index is 0.0525. The van der Waals surface area contributed by atoms with Gasteiger partial charge in [0.1, 0.15) is 40.0 Å². The van der Waals surface area contributed by atoms with Crippen LogP contribution in [0.3, 0.4) is 0 Å². The number of alkyl halides is 1. The molecule has 0 aliphatic rings. The van der Waals surface area contributed by atoms with Crippen molar-refractivity contribution in [2.45, 2.75) is 55.5 Å². The zero-order chi connectivity index (χ0) is 81.3. The molecule has 114 heavy (non-hydrogen) atoms. The summed E-state index contributed by atoms with van der Waals surface area (Å²) in [6.07, 6.45) is 9.22. The highest BCUT2D eigenvalue weighted by Crippen LogP contribution is 2.40. The van der Waals surface area contributed by atoms with Crippen molar-refractivity contribution in [3.63, 3.8) is 0 Å². The number of primary amides is 1. The molecule has 0 unspecified atom stereocenters. The molecule has 34 heteroatoms. The number of ether oxygens (including phenoxy) is 4. The molecule has 0 saturated heterocycles. The van der Waals surface area contributed by atoms with Crippen LogP contribution in [0.25, 0.3) is 66.1 Å². The van der Waals surface area contributed by atoms with Gasteiger partial charge in [-0.25, -0.2) is 66.8 Å². The van der Waals surface area contributed by atoms with Crippen molar-refractivity contribution in [2.24, 2.45) is 5.73 Å². The van der Waals surface area contributed by atoms with Crippen molar-refractivity contribution in [1.82, 2.24) is 29.9 Å². The van der Waals surface area contributed by atoms with Gasteiger partial charge in [-0.2, -0.15) is 0 Å². The number of carbonyl (C=O) groups excluding carboxylic acids is 3. The van der Waals surface area contributed by atoms with Crippen molar-refractivity contribution in [3.8, 4) is 51.0 Å². The molecule has 0 fully saturated rings. The van der Waals surface area contributed by atoms with Crippen LogP contribution in [0.15, 0.2) is 244 Å². The predicted octanol–water partition coefficient (Wildman–Crippen LogP) is 16.2. The van der Waals surface area contributed by atoms with Gasteiger partial charge in [0.2, 0.25) is 0 Å². The van der Waals surface area contributed by atoms with Crippen LogP contribution in [0.4, 0.5) is 28.6 Å². The molecule has 1 amide bonds. The van der Waals surface area contributed by atoms with E-state index in [0.29, 0.717) is 88.3 Å². The molecule has 586 valence electrons. The molecule has 0 atom stereocenters. The average Bonchev–Trinajstić information content (AvgIpc) is 1.23. The summed E-state index contributed by atoms with van der Waals surface area (Å²) in [6, 6.07) is 46.0. The van der Waals surface area contributed by atoms with E-state index in [1.54, 1.807) is 90.9 Å². The summed E-state index contributed by atoms with van der Waals surface area (Å²) in [5.41, 5.74) is 11.5. The Hall–Kier alpha value is -11.8. The lowest BCUT2D eigenvalue weighted by atomic mass is 10.0. The molecule has 0 spiro atoms. The van der Waals surface area contributed by atoms with Gasteiger partial charge in [-0.05, 0) is 146 Å². The van der Waals surface area contributed by atoms with Gasteiger partial charge in [0.25, 0.3) is 36.0 Å². The first kappa shape index (κ1) is 83.2. The molecule has 0 aliphatic carbocycles. The summed E-state index contributed by atoms with van der Waals surface area (Å²) < 4.78 is 148. The Morgan fingerprint density at radius 2 is 0.877 bits per heavy atom. The number of pyridine rings is 3. The van der Waals surface area contributed by atoms with E-state index in [0.717, 1.165) is 34.4 Å². The van der Waals surface area contributed by atoms with Crippen LogP contribution in [0.2, 0.25) is 0 Å². The number of thiazole rings is 3. The zero-order valence-corrected chi connectivity index (χ0v) is 67.2. The minimum Gasteiger partial charge on any atom is -0.507 e. The van der Waals surface area contributed by atoms with E-state index in [9.17, 15) is 57.9 Å². The molecular weight excluding hydrogens is 1650 g/mol. The van der Waals surface area contributed by atoms with Crippen LogP contribution < -0.4 is 28.5 Å². The number of nitrogens with one attached hydrogen (secondary N) is 1. The van der Waals surface area contributed by atoms with E-state index in [1.165, 1.54) is 134 Å². The van der Waals surface area contributed by atoms with E-state index in [4.69, 9.17) is 19.9 Å². The summed E-state index contributed by atoms with van der Waals surface area (Å²) >= 11 is 6.60. The van der Waals surface area contributed by atoms with Crippen LogP contribution in [0, 0.1) is 31.3 Å². The van der Waals surface area contributed by atoms with Crippen LogP contribution >= 0.6 is 49.9 Å². The summed E-state index contributed by atoms with van der Waals surface area (Å²) in [4.78, 5) is 58.9. The average molecular weight is 1720 g/mol. The highest BCUT2D eigenvalue weighted by atomic mass is 79.9. The van der Waals surface area contributed by atoms with Crippen LogP contribution in [0.1, 0.15) is 36.1 Å². The maximum absolute atomic E-state index is 14.1. The van der Waals surface area contributed by atoms with Gasteiger partial charge in [-0.15, -0.1) is 34.0 Å². The number of hydrogen-bond donors (Lipinski definition) is 3. The third kappa shape index (κ3) is 20.7. The van der Waals surface area contributed by atoms with Crippen LogP contribution in [0.5, 0.6) is 17.2 Å². The lowest BCUT2D eigenvalue weighted by molar-refractivity contribution is -0.145. The van der Waals surface area contributed by atoms with E-state index >= 15 is 0 Å². The fourth-order valence-corrected chi connectivity index (χ4v) is 17.8. The molecule has 4 N–H and O–H groups in total. The SMILES string of the molecule is CCOC(=O)CBr.CCOC(=O)COc1cc(F)ccc1-c1nccc2cc(S(=O)(=O)N(Cc3ccc(C)cc3)c3nccs3)ccc12.Cc1ccc(CN(c2nccs2)S(=O)(=O)c2ccc3c(-c4ccc(F)cc4O)nccc3c2)cc1.NC(=O)COc1cc(F)ccc1-c1nccc2cc(S(=O)(=O)Nc3nccs3)ccc12. The molecular formula is C80H68BrF3N10O14S6. The number of benzene rings is 8. The Kier molecular flexibility index (Phi) is 27.5. The highest BCUT2D eigenvalue weighted by molar-refractivity contribution is 9.09. The van der Waals surface area contributed by atoms with E-state index < -0.39 is 72.6 Å². The Morgan fingerprint density at radius 1 is 0.474 bits per heavy atom. The molecule has 0 aliphatic heterocycles. The normalized spacial score (nSPS) is 11.3. The number of sulfonamides is 3. The first-order valence-electron chi connectivity index (χ1n) is 34.3. The molecule has 0 bridgehead atoms. The zero-order valence-electron chi connectivity index (χ0n) is 60.8. The maximum atomic E-state index is 14.1. The van der Waals surface area contributed by atoms with Crippen LogP contribution in [-0.4, -0.2) is 110 Å².